The zero-order chi connectivity index (χ0) is 20.4. The maximum Gasteiger partial charge on any atom is 0.326 e. The number of carboxylic acid groups (broad SMARTS) is 1. The van der Waals surface area contributed by atoms with Crippen LogP contribution in [0, 0.1) is 32.4 Å². The van der Waals surface area contributed by atoms with Crippen molar-refractivity contribution in [2.24, 2.45) is 0 Å². The molecule has 0 spiro atoms. The van der Waals surface area contributed by atoms with Crippen molar-refractivity contribution in [3.63, 3.8) is 0 Å². The normalized spacial score (nSPS) is 12.0. The minimum Gasteiger partial charge on any atom is -0.480 e. The molecule has 146 valence electrons. The Bertz CT molecular complexity index is 1040. The minimum atomic E-state index is -1.14. The number of aromatic nitrogens is 4. The van der Waals surface area contributed by atoms with Crippen LogP contribution in [0.25, 0.3) is 5.95 Å². The fourth-order valence-electron chi connectivity index (χ4n) is 2.83. The predicted octanol–water partition coefficient (Wildman–Crippen LogP) is 2.97. The number of hydrogen-bond acceptors (Lipinski definition) is 5. The third kappa shape index (κ3) is 4.30. The van der Waals surface area contributed by atoms with Gasteiger partial charge in [-0.15, -0.1) is 0 Å². The van der Waals surface area contributed by atoms with Gasteiger partial charge in [-0.2, -0.15) is 10.1 Å². The number of nitrogens with zero attached hydrogens (tertiary/aromatic N) is 4. The molecular weight excluding hydrogens is 368 g/mol. The van der Waals surface area contributed by atoms with Gasteiger partial charge in [0.15, 0.2) is 11.6 Å². The van der Waals surface area contributed by atoms with Gasteiger partial charge in [0.25, 0.3) is 5.95 Å². The lowest BCUT2D eigenvalue weighted by Gasteiger charge is -2.16. The first-order valence-electron chi connectivity index (χ1n) is 8.55. The largest absolute Gasteiger partial charge is 0.480 e. The molecule has 1 atom stereocenters. The summed E-state index contributed by atoms with van der Waals surface area (Å²) in [6.45, 7) is 5.47. The molecule has 28 heavy (non-hydrogen) atoms. The van der Waals surface area contributed by atoms with E-state index in [1.807, 2.05) is 19.9 Å². The monoisotopic (exact) mass is 387 g/mol. The summed E-state index contributed by atoms with van der Waals surface area (Å²) in [6, 6.07) is 5.70. The Labute approximate surface area is 160 Å². The van der Waals surface area contributed by atoms with Crippen LogP contribution in [0.4, 0.5) is 14.6 Å². The highest BCUT2D eigenvalue weighted by Crippen LogP contribution is 2.16. The second kappa shape index (κ2) is 7.71. The van der Waals surface area contributed by atoms with Crippen molar-refractivity contribution < 1.29 is 18.7 Å². The van der Waals surface area contributed by atoms with Crippen LogP contribution in [0.1, 0.15) is 22.6 Å². The molecule has 0 amide bonds. The number of anilines is 1. The van der Waals surface area contributed by atoms with Crippen molar-refractivity contribution in [1.82, 2.24) is 19.7 Å². The molecular formula is C19H19F2N5O2. The summed E-state index contributed by atoms with van der Waals surface area (Å²) < 4.78 is 28.1. The number of hydrogen-bond donors (Lipinski definition) is 2. The SMILES string of the molecule is Cc1cc(N[C@@H](Cc2ccc(F)c(F)c2)C(=O)O)nc(-n2nc(C)cc2C)n1. The maximum absolute atomic E-state index is 13.4. The molecule has 0 saturated carbocycles. The molecule has 0 aliphatic carbocycles. The molecule has 3 aromatic rings. The molecule has 0 fully saturated rings. The lowest BCUT2D eigenvalue weighted by molar-refractivity contribution is -0.137. The van der Waals surface area contributed by atoms with E-state index >= 15 is 0 Å². The molecule has 2 heterocycles. The number of nitrogens with one attached hydrogen (secondary N) is 1. The first kappa shape index (κ1) is 19.4. The second-order valence-corrected chi connectivity index (χ2v) is 6.52. The highest BCUT2D eigenvalue weighted by atomic mass is 19.2. The van der Waals surface area contributed by atoms with Crippen molar-refractivity contribution in [2.75, 3.05) is 5.32 Å². The molecule has 0 saturated heterocycles. The zero-order valence-corrected chi connectivity index (χ0v) is 15.6. The van der Waals surface area contributed by atoms with Gasteiger partial charge in [-0.05, 0) is 44.5 Å². The number of carbonyl (C=O) groups is 1. The molecule has 9 heteroatoms. The van der Waals surface area contributed by atoms with Crippen molar-refractivity contribution in [2.45, 2.75) is 33.2 Å². The smallest absolute Gasteiger partial charge is 0.326 e. The first-order valence-corrected chi connectivity index (χ1v) is 8.55. The van der Waals surface area contributed by atoms with Crippen LogP contribution in [0.2, 0.25) is 0 Å². The summed E-state index contributed by atoms with van der Waals surface area (Å²) in [6.07, 6.45) is -0.0508. The van der Waals surface area contributed by atoms with Crippen LogP contribution >= 0.6 is 0 Å². The van der Waals surface area contributed by atoms with Crippen molar-refractivity contribution in [3.8, 4) is 5.95 Å². The van der Waals surface area contributed by atoms with Crippen molar-refractivity contribution >= 4 is 11.8 Å². The van der Waals surface area contributed by atoms with Gasteiger partial charge in [-0.1, -0.05) is 6.07 Å². The van der Waals surface area contributed by atoms with Crippen molar-refractivity contribution in [3.05, 3.63) is 64.6 Å². The lowest BCUT2D eigenvalue weighted by atomic mass is 10.1. The van der Waals surface area contributed by atoms with E-state index in [-0.39, 0.29) is 6.42 Å². The van der Waals surface area contributed by atoms with Crippen LogP contribution in [-0.2, 0) is 11.2 Å². The molecule has 0 aliphatic heterocycles. The summed E-state index contributed by atoms with van der Waals surface area (Å²) in [5, 5.41) is 16.7. The quantitative estimate of drug-likeness (QED) is 0.676. The number of aliphatic carboxylic acids is 1. The van der Waals surface area contributed by atoms with E-state index in [4.69, 9.17) is 0 Å². The van der Waals surface area contributed by atoms with Gasteiger partial charge in [-0.3, -0.25) is 0 Å². The molecule has 0 unspecified atom stereocenters. The number of carboxylic acids is 1. The molecule has 0 aliphatic rings. The number of aryl methyl sites for hydroxylation is 3. The molecule has 0 bridgehead atoms. The first-order chi connectivity index (χ1) is 13.2. The summed E-state index contributed by atoms with van der Waals surface area (Å²) >= 11 is 0. The Balaban J connectivity index is 1.88. The topological polar surface area (TPSA) is 92.9 Å². The van der Waals surface area contributed by atoms with E-state index in [0.29, 0.717) is 23.0 Å². The van der Waals surface area contributed by atoms with Crippen LogP contribution in [0.3, 0.4) is 0 Å². The number of rotatable bonds is 6. The van der Waals surface area contributed by atoms with E-state index in [0.717, 1.165) is 23.5 Å². The fraction of sp³-hybridized carbons (Fsp3) is 0.263. The summed E-state index contributed by atoms with van der Waals surface area (Å²) in [5.74, 6) is -2.54. The second-order valence-electron chi connectivity index (χ2n) is 6.52. The van der Waals surface area contributed by atoms with Gasteiger partial charge in [0.1, 0.15) is 11.9 Å². The van der Waals surface area contributed by atoms with Gasteiger partial charge in [0.2, 0.25) is 0 Å². The van der Waals surface area contributed by atoms with Gasteiger partial charge >= 0.3 is 5.97 Å². The van der Waals surface area contributed by atoms with Gasteiger partial charge in [0.05, 0.1) is 5.69 Å². The maximum atomic E-state index is 13.4. The van der Waals surface area contributed by atoms with E-state index in [2.05, 4.69) is 20.4 Å². The van der Waals surface area contributed by atoms with Crippen LogP contribution < -0.4 is 5.32 Å². The summed E-state index contributed by atoms with van der Waals surface area (Å²) in [4.78, 5) is 20.4. The van der Waals surface area contributed by atoms with E-state index in [1.165, 1.54) is 6.07 Å². The zero-order valence-electron chi connectivity index (χ0n) is 15.6. The average molecular weight is 387 g/mol. The average Bonchev–Trinajstić information content (AvgIpc) is 2.95. The standard InChI is InChI=1S/C19H19F2N5O2/c1-10-7-17(24-19(22-10)26-12(3)6-11(2)25-26)23-16(18(27)28)9-13-4-5-14(20)15(21)8-13/h4-8,16H,9H2,1-3H3,(H,27,28)(H,22,23,24)/t16-/m0/s1. The number of halogens is 2. The van der Waals surface area contributed by atoms with Crippen LogP contribution in [0.5, 0.6) is 0 Å². The van der Waals surface area contributed by atoms with Crippen LogP contribution in [-0.4, -0.2) is 36.9 Å². The Morgan fingerprint density at radius 3 is 2.46 bits per heavy atom. The Kier molecular flexibility index (Phi) is 5.34. The van der Waals surface area contributed by atoms with E-state index < -0.39 is 23.6 Å². The minimum absolute atomic E-state index is 0.0508. The molecule has 3 rings (SSSR count). The van der Waals surface area contributed by atoms with Gasteiger partial charge in [-0.25, -0.2) is 23.2 Å². The molecule has 2 aromatic heterocycles. The Morgan fingerprint density at radius 2 is 1.86 bits per heavy atom. The third-order valence-corrected chi connectivity index (χ3v) is 4.09. The fourth-order valence-corrected chi connectivity index (χ4v) is 2.83. The van der Waals surface area contributed by atoms with Gasteiger partial charge < -0.3 is 10.4 Å². The summed E-state index contributed by atoms with van der Waals surface area (Å²) in [5.41, 5.74) is 2.62. The van der Waals surface area contributed by atoms with Crippen molar-refractivity contribution in [1.29, 1.82) is 0 Å². The number of benzene rings is 1. The summed E-state index contributed by atoms with van der Waals surface area (Å²) in [7, 11) is 0. The Morgan fingerprint density at radius 1 is 1.11 bits per heavy atom. The third-order valence-electron chi connectivity index (χ3n) is 4.09. The predicted molar refractivity (Wildman–Crippen MR) is 98.5 cm³/mol. The van der Waals surface area contributed by atoms with Crippen LogP contribution in [0.15, 0.2) is 30.3 Å². The van der Waals surface area contributed by atoms with E-state index in [1.54, 1.807) is 17.7 Å². The lowest BCUT2D eigenvalue weighted by Crippen LogP contribution is -2.32. The van der Waals surface area contributed by atoms with E-state index in [9.17, 15) is 18.7 Å². The van der Waals surface area contributed by atoms with Gasteiger partial charge in [0, 0.05) is 23.9 Å². The highest BCUT2D eigenvalue weighted by Gasteiger charge is 2.20. The molecule has 7 nitrogen and oxygen atoms in total. The Hall–Kier alpha value is -3.36. The molecule has 0 radical (unpaired) electrons. The molecule has 1 aromatic carbocycles. The highest BCUT2D eigenvalue weighted by molar-refractivity contribution is 5.77. The molecule has 2 N–H and O–H groups in total.